The van der Waals surface area contributed by atoms with Crippen molar-refractivity contribution in [3.63, 3.8) is 0 Å². The summed E-state index contributed by atoms with van der Waals surface area (Å²) in [6.45, 7) is 1.73. The number of phenols is 1. The summed E-state index contributed by atoms with van der Waals surface area (Å²) in [4.78, 5) is 24.1. The monoisotopic (exact) mass is 382 g/mol. The Labute approximate surface area is 159 Å². The Bertz CT molecular complexity index is 1130. The molecule has 2 aromatic carbocycles. The number of carboxylic acid groups (broad SMARTS) is 1. The molecular weight excluding hydrogens is 364 g/mol. The molecule has 28 heavy (non-hydrogen) atoms. The first-order valence-electron chi connectivity index (χ1n) is 8.25. The highest BCUT2D eigenvalue weighted by atomic mass is 16.5. The van der Waals surface area contributed by atoms with Crippen LogP contribution in [-0.2, 0) is 7.05 Å². The van der Waals surface area contributed by atoms with Crippen molar-refractivity contribution in [3.8, 4) is 17.2 Å². The highest BCUT2D eigenvalue weighted by Gasteiger charge is 2.18. The van der Waals surface area contributed by atoms with Gasteiger partial charge >= 0.3 is 5.97 Å². The van der Waals surface area contributed by atoms with Gasteiger partial charge in [0.05, 0.1) is 24.2 Å². The lowest BCUT2D eigenvalue weighted by molar-refractivity contribution is 0.0693. The number of hydrogen-bond donors (Lipinski definition) is 2. The van der Waals surface area contributed by atoms with Gasteiger partial charge in [0.15, 0.2) is 17.2 Å². The van der Waals surface area contributed by atoms with Gasteiger partial charge in [0.2, 0.25) is 0 Å². The Balaban J connectivity index is 2.08. The predicted octanol–water partition coefficient (Wildman–Crippen LogP) is 3.31. The summed E-state index contributed by atoms with van der Waals surface area (Å²) in [5.41, 5.74) is 0.774. The molecule has 0 saturated heterocycles. The summed E-state index contributed by atoms with van der Waals surface area (Å²) in [5, 5.41) is 27.1. The van der Waals surface area contributed by atoms with E-state index in [0.29, 0.717) is 11.4 Å². The summed E-state index contributed by atoms with van der Waals surface area (Å²) in [5.74, 6) is -1.90. The number of aromatic nitrogens is 2. The van der Waals surface area contributed by atoms with Gasteiger partial charge in [0, 0.05) is 13.1 Å². The quantitative estimate of drug-likeness (QED) is 0.656. The van der Waals surface area contributed by atoms with Crippen LogP contribution in [0.5, 0.6) is 11.5 Å². The maximum Gasteiger partial charge on any atom is 0.339 e. The fourth-order valence-electron chi connectivity index (χ4n) is 2.75. The molecule has 0 bridgehead atoms. The van der Waals surface area contributed by atoms with E-state index in [4.69, 9.17) is 4.74 Å². The molecule has 2 N–H and O–H groups in total. The second-order valence-corrected chi connectivity index (χ2v) is 5.96. The van der Waals surface area contributed by atoms with Crippen LogP contribution >= 0.6 is 0 Å². The molecule has 0 saturated carbocycles. The van der Waals surface area contributed by atoms with Crippen LogP contribution in [0.3, 0.4) is 0 Å². The first-order valence-corrected chi connectivity index (χ1v) is 8.25. The number of nitrogens with zero attached hydrogens (tertiary/aromatic N) is 4. The number of aromatic carboxylic acids is 1. The maximum atomic E-state index is 12.8. The Morgan fingerprint density at radius 2 is 1.82 bits per heavy atom. The van der Waals surface area contributed by atoms with Crippen LogP contribution in [0.25, 0.3) is 5.69 Å². The molecule has 0 spiro atoms. The summed E-state index contributed by atoms with van der Waals surface area (Å²) in [7, 11) is 3.02. The molecular formula is C19H18N4O5. The molecule has 3 aromatic rings. The standard InChI is InChI=1S/C19H18N4O5/c1-11-16(18(25)23(22(11)2)13-7-5-4-6-8-13)21-20-12-9-14(19(26)27)17(24)15(10-12)28-3/h4-10,24H,1-3H3,(H,26,27). The van der Waals surface area contributed by atoms with Gasteiger partial charge in [-0.1, -0.05) is 18.2 Å². The van der Waals surface area contributed by atoms with E-state index in [0.717, 1.165) is 6.07 Å². The van der Waals surface area contributed by atoms with E-state index in [1.807, 2.05) is 18.2 Å². The van der Waals surface area contributed by atoms with Crippen LogP contribution in [0, 0.1) is 6.92 Å². The Hall–Kier alpha value is -3.88. The molecule has 3 rings (SSSR count). The minimum absolute atomic E-state index is 0.0552. The van der Waals surface area contributed by atoms with Crippen LogP contribution in [0.1, 0.15) is 16.1 Å². The Kier molecular flexibility index (Phi) is 4.99. The third-order valence-corrected chi connectivity index (χ3v) is 4.30. The molecule has 144 valence electrons. The average molecular weight is 382 g/mol. The van der Waals surface area contributed by atoms with Gasteiger partial charge in [-0.05, 0) is 25.1 Å². The van der Waals surface area contributed by atoms with Gasteiger partial charge in [-0.3, -0.25) is 9.48 Å². The molecule has 0 aliphatic rings. The SMILES string of the molecule is COc1cc(N=Nc2c(C)n(C)n(-c3ccccc3)c2=O)cc(C(=O)O)c1O. The molecule has 0 fully saturated rings. The molecule has 9 heteroatoms. The third kappa shape index (κ3) is 3.25. The smallest absolute Gasteiger partial charge is 0.339 e. The van der Waals surface area contributed by atoms with E-state index >= 15 is 0 Å². The number of carbonyl (C=O) groups is 1. The number of azo groups is 1. The van der Waals surface area contributed by atoms with Crippen molar-refractivity contribution >= 4 is 17.3 Å². The highest BCUT2D eigenvalue weighted by Crippen LogP contribution is 2.35. The van der Waals surface area contributed by atoms with Crippen molar-refractivity contribution in [2.45, 2.75) is 6.92 Å². The van der Waals surface area contributed by atoms with Crippen LogP contribution in [0.4, 0.5) is 11.4 Å². The number of carboxylic acids is 1. The molecule has 1 heterocycles. The zero-order valence-electron chi connectivity index (χ0n) is 15.4. The van der Waals surface area contributed by atoms with Crippen LogP contribution < -0.4 is 10.3 Å². The lowest BCUT2D eigenvalue weighted by Crippen LogP contribution is -2.19. The fourth-order valence-corrected chi connectivity index (χ4v) is 2.75. The van der Waals surface area contributed by atoms with Gasteiger partial charge in [-0.15, -0.1) is 5.11 Å². The molecule has 0 amide bonds. The van der Waals surface area contributed by atoms with E-state index in [2.05, 4.69) is 10.2 Å². The van der Waals surface area contributed by atoms with Crippen molar-refractivity contribution in [2.24, 2.45) is 17.3 Å². The van der Waals surface area contributed by atoms with Gasteiger partial charge in [-0.25, -0.2) is 9.48 Å². The first kappa shape index (κ1) is 18.9. The van der Waals surface area contributed by atoms with Crippen LogP contribution in [0.2, 0.25) is 0 Å². The lowest BCUT2D eigenvalue weighted by Gasteiger charge is -2.07. The number of benzene rings is 2. The average Bonchev–Trinajstić information content (AvgIpc) is 2.90. The Morgan fingerprint density at radius 1 is 1.14 bits per heavy atom. The second kappa shape index (κ2) is 7.39. The molecule has 0 aliphatic carbocycles. The van der Waals surface area contributed by atoms with Crippen molar-refractivity contribution in [2.75, 3.05) is 7.11 Å². The van der Waals surface area contributed by atoms with Crippen molar-refractivity contribution in [1.29, 1.82) is 0 Å². The van der Waals surface area contributed by atoms with Gasteiger partial charge in [0.25, 0.3) is 5.56 Å². The minimum Gasteiger partial charge on any atom is -0.504 e. The second-order valence-electron chi connectivity index (χ2n) is 5.96. The predicted molar refractivity (Wildman–Crippen MR) is 102 cm³/mol. The van der Waals surface area contributed by atoms with Crippen molar-refractivity contribution in [1.82, 2.24) is 9.36 Å². The van der Waals surface area contributed by atoms with Crippen LogP contribution in [-0.4, -0.2) is 32.7 Å². The normalized spacial score (nSPS) is 11.1. The summed E-state index contributed by atoms with van der Waals surface area (Å²) >= 11 is 0. The van der Waals surface area contributed by atoms with Crippen molar-refractivity contribution in [3.05, 3.63) is 64.1 Å². The summed E-state index contributed by atoms with van der Waals surface area (Å²) in [6.07, 6.45) is 0. The van der Waals surface area contributed by atoms with E-state index < -0.39 is 11.7 Å². The molecule has 9 nitrogen and oxygen atoms in total. The van der Waals surface area contributed by atoms with Crippen molar-refractivity contribution < 1.29 is 19.7 Å². The van der Waals surface area contributed by atoms with E-state index in [-0.39, 0.29) is 28.2 Å². The molecule has 0 aliphatic heterocycles. The Morgan fingerprint density at radius 3 is 2.43 bits per heavy atom. The van der Waals surface area contributed by atoms with E-state index in [1.165, 1.54) is 17.9 Å². The number of para-hydroxylation sites is 1. The van der Waals surface area contributed by atoms with E-state index in [9.17, 15) is 19.8 Å². The molecule has 0 unspecified atom stereocenters. The topological polar surface area (TPSA) is 118 Å². The van der Waals surface area contributed by atoms with Gasteiger partial charge in [-0.2, -0.15) is 5.11 Å². The van der Waals surface area contributed by atoms with Gasteiger partial charge in [0.1, 0.15) is 5.56 Å². The highest BCUT2D eigenvalue weighted by molar-refractivity contribution is 5.93. The number of aromatic hydroxyl groups is 1. The molecule has 0 radical (unpaired) electrons. The summed E-state index contributed by atoms with van der Waals surface area (Å²) in [6, 6.07) is 11.6. The number of ether oxygens (including phenoxy) is 1. The number of hydrogen-bond acceptors (Lipinski definition) is 6. The molecule has 1 aromatic heterocycles. The third-order valence-electron chi connectivity index (χ3n) is 4.30. The maximum absolute atomic E-state index is 12.8. The van der Waals surface area contributed by atoms with Crippen LogP contribution in [0.15, 0.2) is 57.5 Å². The van der Waals surface area contributed by atoms with E-state index in [1.54, 1.807) is 30.8 Å². The molecule has 0 atom stereocenters. The zero-order chi connectivity index (χ0) is 20.4. The fraction of sp³-hybridized carbons (Fsp3) is 0.158. The lowest BCUT2D eigenvalue weighted by atomic mass is 10.1. The first-order chi connectivity index (χ1) is 13.3. The number of rotatable bonds is 5. The summed E-state index contributed by atoms with van der Waals surface area (Å²) < 4.78 is 8.09. The minimum atomic E-state index is -1.34. The van der Waals surface area contributed by atoms with Gasteiger partial charge < -0.3 is 14.9 Å². The zero-order valence-corrected chi connectivity index (χ0v) is 15.4. The number of methoxy groups -OCH3 is 1. The largest absolute Gasteiger partial charge is 0.504 e.